The van der Waals surface area contributed by atoms with Gasteiger partial charge in [-0.25, -0.2) is 9.89 Å². The van der Waals surface area contributed by atoms with Gasteiger partial charge in [-0.15, -0.1) is 5.10 Å². The number of nitrogens with one attached hydrogen (secondary N) is 1. The van der Waals surface area contributed by atoms with E-state index in [9.17, 15) is 4.79 Å². The van der Waals surface area contributed by atoms with Crippen LogP contribution in [0.4, 0.5) is 0 Å². The Bertz CT molecular complexity index is 605. The first-order valence-electron chi connectivity index (χ1n) is 6.09. The molecule has 0 radical (unpaired) electrons. The smallest absolute Gasteiger partial charge is 0.364 e. The lowest BCUT2D eigenvalue weighted by Crippen LogP contribution is -2.34. The van der Waals surface area contributed by atoms with Crippen LogP contribution in [0.15, 0.2) is 16.9 Å². The van der Waals surface area contributed by atoms with Crippen molar-refractivity contribution in [3.63, 3.8) is 0 Å². The molecule has 0 saturated heterocycles. The van der Waals surface area contributed by atoms with Gasteiger partial charge < -0.3 is 10.5 Å². The molecule has 7 nitrogen and oxygen atoms in total. The standard InChI is InChI=1S/C11H15N5O2/c12-7-2-1-3-8(6-7)18-10-5-4-9-13-14-11(17)16(9)15-10/h4-5,7-8H,1-3,6,12H2,(H,14,17). The van der Waals surface area contributed by atoms with E-state index < -0.39 is 0 Å². The van der Waals surface area contributed by atoms with Gasteiger partial charge in [0.15, 0.2) is 5.65 Å². The molecular formula is C11H15N5O2. The number of H-pyrrole nitrogens is 1. The van der Waals surface area contributed by atoms with Crippen LogP contribution in [0.5, 0.6) is 5.88 Å². The van der Waals surface area contributed by atoms with Crippen molar-refractivity contribution >= 4 is 5.65 Å². The fraction of sp³-hybridized carbons (Fsp3) is 0.545. The Balaban J connectivity index is 1.81. The normalized spacial score (nSPS) is 24.3. The Morgan fingerprint density at radius 2 is 2.33 bits per heavy atom. The minimum absolute atomic E-state index is 0.0845. The molecule has 7 heteroatoms. The van der Waals surface area contributed by atoms with Crippen LogP contribution in [0.25, 0.3) is 5.65 Å². The number of fused-ring (bicyclic) bond motifs is 1. The van der Waals surface area contributed by atoms with Crippen molar-refractivity contribution in [2.75, 3.05) is 0 Å². The van der Waals surface area contributed by atoms with Crippen LogP contribution < -0.4 is 16.2 Å². The molecule has 2 unspecified atom stereocenters. The topological polar surface area (TPSA) is 98.3 Å². The van der Waals surface area contributed by atoms with E-state index in [-0.39, 0.29) is 17.8 Å². The molecule has 96 valence electrons. The third-order valence-electron chi connectivity index (χ3n) is 3.20. The lowest BCUT2D eigenvalue weighted by atomic mass is 9.94. The monoisotopic (exact) mass is 249 g/mol. The van der Waals surface area contributed by atoms with Gasteiger partial charge in [-0.1, -0.05) is 0 Å². The summed E-state index contributed by atoms with van der Waals surface area (Å²) in [7, 11) is 0. The Morgan fingerprint density at radius 1 is 1.44 bits per heavy atom. The van der Waals surface area contributed by atoms with Gasteiger partial charge in [0, 0.05) is 12.1 Å². The van der Waals surface area contributed by atoms with Gasteiger partial charge in [0.25, 0.3) is 0 Å². The maximum Gasteiger partial charge on any atom is 0.364 e. The summed E-state index contributed by atoms with van der Waals surface area (Å²) in [6.07, 6.45) is 4.02. The third kappa shape index (κ3) is 2.08. The summed E-state index contributed by atoms with van der Waals surface area (Å²) in [6.45, 7) is 0. The molecule has 2 heterocycles. The lowest BCUT2D eigenvalue weighted by molar-refractivity contribution is 0.137. The molecule has 0 amide bonds. The fourth-order valence-electron chi connectivity index (χ4n) is 2.31. The van der Waals surface area contributed by atoms with Crippen molar-refractivity contribution in [2.24, 2.45) is 5.73 Å². The molecule has 2 aromatic heterocycles. The summed E-state index contributed by atoms with van der Waals surface area (Å²) in [4.78, 5) is 11.4. The van der Waals surface area contributed by atoms with Gasteiger partial charge in [-0.05, 0) is 31.7 Å². The molecule has 0 bridgehead atoms. The quantitative estimate of drug-likeness (QED) is 0.784. The molecule has 18 heavy (non-hydrogen) atoms. The predicted octanol–water partition coefficient (Wildman–Crippen LogP) is 0.0663. The van der Waals surface area contributed by atoms with E-state index in [0.29, 0.717) is 11.5 Å². The lowest BCUT2D eigenvalue weighted by Gasteiger charge is -2.26. The zero-order chi connectivity index (χ0) is 12.5. The van der Waals surface area contributed by atoms with Gasteiger partial charge in [0.1, 0.15) is 6.10 Å². The van der Waals surface area contributed by atoms with Gasteiger partial charge in [-0.3, -0.25) is 0 Å². The van der Waals surface area contributed by atoms with E-state index in [1.165, 1.54) is 4.52 Å². The zero-order valence-corrected chi connectivity index (χ0v) is 9.87. The van der Waals surface area contributed by atoms with Crippen LogP contribution >= 0.6 is 0 Å². The van der Waals surface area contributed by atoms with E-state index in [1.54, 1.807) is 12.1 Å². The molecule has 0 spiro atoms. The van der Waals surface area contributed by atoms with Crippen molar-refractivity contribution in [2.45, 2.75) is 37.8 Å². The maximum atomic E-state index is 11.4. The fourth-order valence-corrected chi connectivity index (χ4v) is 2.31. The van der Waals surface area contributed by atoms with Gasteiger partial charge in [0.2, 0.25) is 5.88 Å². The number of hydrogen-bond donors (Lipinski definition) is 2. The summed E-state index contributed by atoms with van der Waals surface area (Å²) in [5.74, 6) is 0.435. The number of aromatic nitrogens is 4. The predicted molar refractivity (Wildman–Crippen MR) is 64.5 cm³/mol. The molecule has 1 fully saturated rings. The second-order valence-corrected chi connectivity index (χ2v) is 4.64. The van der Waals surface area contributed by atoms with Crippen LogP contribution in [-0.2, 0) is 0 Å². The minimum atomic E-state index is -0.365. The molecule has 3 N–H and O–H groups in total. The van der Waals surface area contributed by atoms with E-state index in [1.807, 2.05) is 0 Å². The number of ether oxygens (including phenoxy) is 1. The van der Waals surface area contributed by atoms with Crippen LogP contribution in [0, 0.1) is 0 Å². The first-order valence-corrected chi connectivity index (χ1v) is 6.09. The number of rotatable bonds is 2. The SMILES string of the molecule is NC1CCCC(Oc2ccc3n[nH]c(=O)n3n2)C1. The highest BCUT2D eigenvalue weighted by molar-refractivity contribution is 5.35. The van der Waals surface area contributed by atoms with Gasteiger partial charge in [0.05, 0.1) is 0 Å². The summed E-state index contributed by atoms with van der Waals surface area (Å²) >= 11 is 0. The van der Waals surface area contributed by atoms with E-state index in [4.69, 9.17) is 10.5 Å². The van der Waals surface area contributed by atoms with Gasteiger partial charge in [-0.2, -0.15) is 9.61 Å². The number of aromatic amines is 1. The summed E-state index contributed by atoms with van der Waals surface area (Å²) in [5, 5.41) is 10.2. The average Bonchev–Trinajstić information content (AvgIpc) is 2.71. The van der Waals surface area contributed by atoms with E-state index >= 15 is 0 Å². The van der Waals surface area contributed by atoms with Crippen LogP contribution in [-0.4, -0.2) is 32.0 Å². The highest BCUT2D eigenvalue weighted by Crippen LogP contribution is 2.21. The summed E-state index contributed by atoms with van der Waals surface area (Å²) in [6, 6.07) is 3.61. The molecule has 0 aromatic carbocycles. The number of nitrogens with zero attached hydrogens (tertiary/aromatic N) is 3. The summed E-state index contributed by atoms with van der Waals surface area (Å²) < 4.78 is 6.96. The van der Waals surface area contributed by atoms with Crippen LogP contribution in [0.3, 0.4) is 0 Å². The van der Waals surface area contributed by atoms with Crippen molar-refractivity contribution in [3.05, 3.63) is 22.6 Å². The Labute approximate surface area is 103 Å². The van der Waals surface area contributed by atoms with Crippen molar-refractivity contribution in [1.29, 1.82) is 0 Å². The van der Waals surface area contributed by atoms with Crippen LogP contribution in [0.1, 0.15) is 25.7 Å². The van der Waals surface area contributed by atoms with Gasteiger partial charge >= 0.3 is 5.69 Å². The van der Waals surface area contributed by atoms with Crippen LogP contribution in [0.2, 0.25) is 0 Å². The third-order valence-corrected chi connectivity index (χ3v) is 3.20. The maximum absolute atomic E-state index is 11.4. The molecule has 2 aromatic rings. The Kier molecular flexibility index (Phi) is 2.75. The van der Waals surface area contributed by atoms with Crippen molar-refractivity contribution in [1.82, 2.24) is 19.8 Å². The molecule has 1 aliphatic rings. The molecular weight excluding hydrogens is 234 g/mol. The van der Waals surface area contributed by atoms with Crippen molar-refractivity contribution in [3.8, 4) is 5.88 Å². The van der Waals surface area contributed by atoms with E-state index in [2.05, 4.69) is 15.3 Å². The second kappa shape index (κ2) is 4.41. The molecule has 1 aliphatic carbocycles. The summed E-state index contributed by atoms with van der Waals surface area (Å²) in [5.41, 5.74) is 6.02. The van der Waals surface area contributed by atoms with E-state index in [0.717, 1.165) is 25.7 Å². The first-order chi connectivity index (χ1) is 8.72. The molecule has 2 atom stereocenters. The van der Waals surface area contributed by atoms with Crippen molar-refractivity contribution < 1.29 is 4.74 Å². The zero-order valence-electron chi connectivity index (χ0n) is 9.87. The first kappa shape index (κ1) is 11.2. The highest BCUT2D eigenvalue weighted by Gasteiger charge is 2.21. The molecule has 0 aliphatic heterocycles. The Morgan fingerprint density at radius 3 is 3.17 bits per heavy atom. The highest BCUT2D eigenvalue weighted by atomic mass is 16.5. The molecule has 3 rings (SSSR count). The molecule has 1 saturated carbocycles. The second-order valence-electron chi connectivity index (χ2n) is 4.64. The largest absolute Gasteiger partial charge is 0.473 e. The number of hydrogen-bond acceptors (Lipinski definition) is 5. The minimum Gasteiger partial charge on any atom is -0.473 e. The average molecular weight is 249 g/mol. The number of nitrogens with two attached hydrogens (primary N) is 1. The Hall–Kier alpha value is -1.89.